The van der Waals surface area contributed by atoms with Crippen LogP contribution in [-0.2, 0) is 9.84 Å². The van der Waals surface area contributed by atoms with E-state index >= 15 is 0 Å². The summed E-state index contributed by atoms with van der Waals surface area (Å²) < 4.78 is 22.3. The largest absolute Gasteiger partial charge is 0.335 e. The lowest BCUT2D eigenvalue weighted by Gasteiger charge is -2.27. The molecule has 1 unspecified atom stereocenters. The lowest BCUT2D eigenvalue weighted by molar-refractivity contribution is 0.187. The Morgan fingerprint density at radius 1 is 1.50 bits per heavy atom. The number of carbonyl (C=O) groups is 1. The molecule has 0 aliphatic heterocycles. The lowest BCUT2D eigenvalue weighted by Crippen LogP contribution is -2.47. The molecule has 16 heavy (non-hydrogen) atoms. The average molecular weight is 248 g/mol. The number of nitrogens with one attached hydrogen (secondary N) is 1. The molecule has 5 nitrogen and oxygen atoms in total. The quantitative estimate of drug-likeness (QED) is 0.775. The molecule has 0 radical (unpaired) electrons. The summed E-state index contributed by atoms with van der Waals surface area (Å²) in [5.41, 5.74) is 0. The molecule has 1 rings (SSSR count). The van der Waals surface area contributed by atoms with Crippen molar-refractivity contribution in [1.29, 1.82) is 0 Å². The SMILES string of the molecule is CCN(C(=O)NC1CC1)C(C)CS(C)(=O)=O. The maximum Gasteiger partial charge on any atom is 0.317 e. The highest BCUT2D eigenvalue weighted by Crippen LogP contribution is 2.19. The summed E-state index contributed by atoms with van der Waals surface area (Å²) in [7, 11) is -3.05. The maximum absolute atomic E-state index is 11.8. The van der Waals surface area contributed by atoms with E-state index in [0.717, 1.165) is 12.8 Å². The molecular weight excluding hydrogens is 228 g/mol. The van der Waals surface area contributed by atoms with Crippen LogP contribution in [0.4, 0.5) is 4.79 Å². The van der Waals surface area contributed by atoms with Gasteiger partial charge in [-0.1, -0.05) is 0 Å². The van der Waals surface area contributed by atoms with E-state index in [1.54, 1.807) is 11.8 Å². The number of sulfone groups is 1. The van der Waals surface area contributed by atoms with Crippen molar-refractivity contribution in [3.05, 3.63) is 0 Å². The predicted molar refractivity (Wildman–Crippen MR) is 63.1 cm³/mol. The molecule has 94 valence electrons. The van der Waals surface area contributed by atoms with Crippen LogP contribution in [0.25, 0.3) is 0 Å². The number of urea groups is 1. The molecule has 1 saturated carbocycles. The van der Waals surface area contributed by atoms with Gasteiger partial charge in [-0.3, -0.25) is 0 Å². The number of hydrogen-bond acceptors (Lipinski definition) is 3. The van der Waals surface area contributed by atoms with E-state index in [1.165, 1.54) is 6.26 Å². The van der Waals surface area contributed by atoms with Crippen LogP contribution in [0.15, 0.2) is 0 Å². The van der Waals surface area contributed by atoms with Gasteiger partial charge in [0.15, 0.2) is 0 Å². The summed E-state index contributed by atoms with van der Waals surface area (Å²) in [6.45, 7) is 4.14. The molecule has 0 bridgehead atoms. The highest BCUT2D eigenvalue weighted by Gasteiger charge is 2.28. The zero-order valence-corrected chi connectivity index (χ0v) is 10.9. The molecular formula is C10H20N2O3S. The molecule has 0 aromatic heterocycles. The Kier molecular flexibility index (Phi) is 4.18. The van der Waals surface area contributed by atoms with Gasteiger partial charge in [0.25, 0.3) is 0 Å². The Balaban J connectivity index is 2.53. The third-order valence-electron chi connectivity index (χ3n) is 2.58. The van der Waals surface area contributed by atoms with Crippen LogP contribution in [0.5, 0.6) is 0 Å². The maximum atomic E-state index is 11.8. The second-order valence-corrected chi connectivity index (χ2v) is 6.64. The van der Waals surface area contributed by atoms with E-state index in [9.17, 15) is 13.2 Å². The molecule has 0 aromatic carbocycles. The molecule has 0 saturated heterocycles. The normalized spacial score (nSPS) is 17.9. The Hall–Kier alpha value is -0.780. The van der Waals surface area contributed by atoms with E-state index in [1.807, 2.05) is 6.92 Å². The van der Waals surface area contributed by atoms with Gasteiger partial charge in [0.05, 0.1) is 5.75 Å². The smallest absolute Gasteiger partial charge is 0.317 e. The molecule has 0 spiro atoms. The fraction of sp³-hybridized carbons (Fsp3) is 0.900. The first kappa shape index (κ1) is 13.3. The van der Waals surface area contributed by atoms with E-state index in [0.29, 0.717) is 12.6 Å². The van der Waals surface area contributed by atoms with Crippen molar-refractivity contribution < 1.29 is 13.2 Å². The molecule has 1 atom stereocenters. The lowest BCUT2D eigenvalue weighted by atomic mass is 10.3. The van der Waals surface area contributed by atoms with Crippen LogP contribution >= 0.6 is 0 Å². The molecule has 1 fully saturated rings. The Morgan fingerprint density at radius 2 is 2.06 bits per heavy atom. The monoisotopic (exact) mass is 248 g/mol. The zero-order chi connectivity index (χ0) is 12.3. The van der Waals surface area contributed by atoms with Crippen LogP contribution in [0, 0.1) is 0 Å². The van der Waals surface area contributed by atoms with Gasteiger partial charge in [-0.15, -0.1) is 0 Å². The standard InChI is InChI=1S/C10H20N2O3S/c1-4-12(8(2)7-16(3,14)15)10(13)11-9-5-6-9/h8-9H,4-7H2,1-3H3,(H,11,13). The Labute approximate surface area is 97.1 Å². The van der Waals surface area contributed by atoms with Crippen molar-refractivity contribution in [2.24, 2.45) is 0 Å². The number of carbonyl (C=O) groups excluding carboxylic acids is 1. The van der Waals surface area contributed by atoms with Crippen molar-refractivity contribution in [3.63, 3.8) is 0 Å². The summed E-state index contributed by atoms with van der Waals surface area (Å²) in [6, 6.07) is -0.133. The Morgan fingerprint density at radius 3 is 2.44 bits per heavy atom. The van der Waals surface area contributed by atoms with Gasteiger partial charge in [0.2, 0.25) is 0 Å². The minimum Gasteiger partial charge on any atom is -0.335 e. The number of hydrogen-bond donors (Lipinski definition) is 1. The third-order valence-corrected chi connectivity index (χ3v) is 3.67. The number of amides is 2. The van der Waals surface area contributed by atoms with Crippen LogP contribution in [0.1, 0.15) is 26.7 Å². The van der Waals surface area contributed by atoms with Gasteiger partial charge in [0.1, 0.15) is 9.84 Å². The van der Waals surface area contributed by atoms with E-state index in [-0.39, 0.29) is 17.8 Å². The minimum atomic E-state index is -3.05. The third kappa shape index (κ3) is 4.38. The summed E-state index contributed by atoms with van der Waals surface area (Å²) in [5.74, 6) is 0.0128. The topological polar surface area (TPSA) is 66.5 Å². The summed E-state index contributed by atoms with van der Waals surface area (Å²) >= 11 is 0. The first-order chi connectivity index (χ1) is 7.33. The first-order valence-electron chi connectivity index (χ1n) is 5.58. The van der Waals surface area contributed by atoms with Crippen LogP contribution < -0.4 is 5.32 Å². The average Bonchev–Trinajstić information content (AvgIpc) is 2.85. The molecule has 6 heteroatoms. The highest BCUT2D eigenvalue weighted by atomic mass is 32.2. The highest BCUT2D eigenvalue weighted by molar-refractivity contribution is 7.90. The second-order valence-electron chi connectivity index (χ2n) is 4.45. The second kappa shape index (κ2) is 5.03. The minimum absolute atomic E-state index is 0.0128. The molecule has 0 aromatic rings. The van der Waals surface area contributed by atoms with Gasteiger partial charge in [-0.05, 0) is 26.7 Å². The number of nitrogens with zero attached hydrogens (tertiary/aromatic N) is 1. The van der Waals surface area contributed by atoms with Crippen LogP contribution in [0.2, 0.25) is 0 Å². The van der Waals surface area contributed by atoms with Crippen LogP contribution in [-0.4, -0.2) is 50.0 Å². The Bertz CT molecular complexity index is 349. The van der Waals surface area contributed by atoms with E-state index < -0.39 is 9.84 Å². The molecule has 1 aliphatic carbocycles. The van der Waals surface area contributed by atoms with Gasteiger partial charge >= 0.3 is 6.03 Å². The van der Waals surface area contributed by atoms with Crippen molar-refractivity contribution in [2.45, 2.75) is 38.8 Å². The van der Waals surface area contributed by atoms with Gasteiger partial charge < -0.3 is 10.2 Å². The number of rotatable bonds is 5. The first-order valence-corrected chi connectivity index (χ1v) is 7.64. The van der Waals surface area contributed by atoms with Crippen molar-refractivity contribution in [1.82, 2.24) is 10.2 Å². The fourth-order valence-electron chi connectivity index (χ4n) is 1.67. The van der Waals surface area contributed by atoms with Crippen LogP contribution in [0.3, 0.4) is 0 Å². The van der Waals surface area contributed by atoms with Gasteiger partial charge in [-0.2, -0.15) is 0 Å². The predicted octanol–water partition coefficient (Wildman–Crippen LogP) is 0.613. The van der Waals surface area contributed by atoms with E-state index in [2.05, 4.69) is 5.32 Å². The summed E-state index contributed by atoms with van der Waals surface area (Å²) in [4.78, 5) is 13.3. The molecule has 0 heterocycles. The van der Waals surface area contributed by atoms with Gasteiger partial charge in [-0.25, -0.2) is 13.2 Å². The summed E-state index contributed by atoms with van der Waals surface area (Å²) in [6.07, 6.45) is 3.25. The summed E-state index contributed by atoms with van der Waals surface area (Å²) in [5, 5.41) is 2.86. The molecule has 1 aliphatic rings. The molecule has 1 N–H and O–H groups in total. The van der Waals surface area contributed by atoms with E-state index in [4.69, 9.17) is 0 Å². The van der Waals surface area contributed by atoms with Crippen molar-refractivity contribution in [3.8, 4) is 0 Å². The molecule has 2 amide bonds. The van der Waals surface area contributed by atoms with Gasteiger partial charge in [0, 0.05) is 24.9 Å². The zero-order valence-electron chi connectivity index (χ0n) is 10.1. The van der Waals surface area contributed by atoms with Crippen molar-refractivity contribution in [2.75, 3.05) is 18.6 Å². The fourth-order valence-corrected chi connectivity index (χ4v) is 2.72. The van der Waals surface area contributed by atoms with Crippen molar-refractivity contribution >= 4 is 15.9 Å².